The number of hydrogen-bond donors (Lipinski definition) is 1. The van der Waals surface area contributed by atoms with E-state index >= 15 is 0 Å². The van der Waals surface area contributed by atoms with Crippen LogP contribution in [0.15, 0.2) is 18.3 Å². The number of aryl methyl sites for hydroxylation is 1. The molecule has 5 heteroatoms. The van der Waals surface area contributed by atoms with Crippen LogP contribution in [0.3, 0.4) is 0 Å². The van der Waals surface area contributed by atoms with Crippen molar-refractivity contribution in [3.63, 3.8) is 0 Å². The molecule has 0 aromatic carbocycles. The van der Waals surface area contributed by atoms with Crippen LogP contribution >= 0.6 is 0 Å². The van der Waals surface area contributed by atoms with Crippen molar-refractivity contribution in [2.75, 3.05) is 0 Å². The van der Waals surface area contributed by atoms with Gasteiger partial charge in [-0.3, -0.25) is 15.1 Å². The van der Waals surface area contributed by atoms with E-state index in [0.717, 1.165) is 24.1 Å². The van der Waals surface area contributed by atoms with Crippen LogP contribution in [-0.4, -0.2) is 22.0 Å². The Bertz CT molecular complexity index is 405. The zero-order valence-electron chi connectivity index (χ0n) is 9.87. The lowest BCUT2D eigenvalue weighted by molar-refractivity contribution is -0.529. The first-order valence-electron chi connectivity index (χ1n) is 5.91. The zero-order chi connectivity index (χ0) is 12.4. The van der Waals surface area contributed by atoms with Gasteiger partial charge in [0.05, 0.1) is 6.04 Å². The van der Waals surface area contributed by atoms with E-state index in [1.165, 1.54) is 0 Å². The third-order valence-electron chi connectivity index (χ3n) is 3.56. The lowest BCUT2D eigenvalue weighted by Crippen LogP contribution is -2.47. The second-order valence-electron chi connectivity index (χ2n) is 4.70. The monoisotopic (exact) mass is 235 g/mol. The van der Waals surface area contributed by atoms with E-state index in [2.05, 4.69) is 4.98 Å². The average molecular weight is 235 g/mol. The summed E-state index contributed by atoms with van der Waals surface area (Å²) in [5.41, 5.74) is 8.00. The highest BCUT2D eigenvalue weighted by Crippen LogP contribution is 2.32. The summed E-state index contributed by atoms with van der Waals surface area (Å²) >= 11 is 0. The molecule has 5 nitrogen and oxygen atoms in total. The Balaban J connectivity index is 2.20. The van der Waals surface area contributed by atoms with Crippen molar-refractivity contribution in [1.82, 2.24) is 4.98 Å². The maximum atomic E-state index is 10.9. The number of aromatic nitrogens is 1. The normalized spacial score (nSPS) is 28.9. The summed E-state index contributed by atoms with van der Waals surface area (Å²) in [6, 6.07) is 2.89. The summed E-state index contributed by atoms with van der Waals surface area (Å²) in [5.74, 6) is 0.0623. The summed E-state index contributed by atoms with van der Waals surface area (Å²) in [4.78, 5) is 14.9. The molecule has 1 heterocycles. The third-order valence-corrected chi connectivity index (χ3v) is 3.56. The standard InChI is InChI=1S/C12H17N3O2/c1-8-5-6-9(7-14-8)10-3-2-4-11(12(10)13)15(16)17/h5-7,10-12H,2-4,13H2,1H3. The van der Waals surface area contributed by atoms with Gasteiger partial charge in [-0.05, 0) is 31.4 Å². The molecule has 0 saturated heterocycles. The predicted molar refractivity (Wildman–Crippen MR) is 64.3 cm³/mol. The van der Waals surface area contributed by atoms with Gasteiger partial charge in [-0.15, -0.1) is 0 Å². The molecule has 3 unspecified atom stereocenters. The minimum Gasteiger partial charge on any atom is -0.321 e. The highest BCUT2D eigenvalue weighted by atomic mass is 16.6. The van der Waals surface area contributed by atoms with Gasteiger partial charge >= 0.3 is 0 Å². The number of nitrogens with two attached hydrogens (primary N) is 1. The first kappa shape index (κ1) is 12.0. The van der Waals surface area contributed by atoms with Crippen LogP contribution in [0.4, 0.5) is 0 Å². The van der Waals surface area contributed by atoms with E-state index in [-0.39, 0.29) is 10.8 Å². The van der Waals surface area contributed by atoms with Crippen LogP contribution in [0.5, 0.6) is 0 Å². The molecule has 0 bridgehead atoms. The molecule has 1 saturated carbocycles. The minimum atomic E-state index is -0.616. The Hall–Kier alpha value is -1.49. The van der Waals surface area contributed by atoms with E-state index in [4.69, 9.17) is 5.73 Å². The van der Waals surface area contributed by atoms with Crippen molar-refractivity contribution >= 4 is 0 Å². The quantitative estimate of drug-likeness (QED) is 0.624. The smallest absolute Gasteiger partial charge is 0.228 e. The van der Waals surface area contributed by atoms with Gasteiger partial charge in [0.1, 0.15) is 0 Å². The Labute approximate surface area is 100 Å². The van der Waals surface area contributed by atoms with Gasteiger partial charge in [-0.1, -0.05) is 6.07 Å². The largest absolute Gasteiger partial charge is 0.321 e. The van der Waals surface area contributed by atoms with Gasteiger partial charge in [0.25, 0.3) is 0 Å². The van der Waals surface area contributed by atoms with Gasteiger partial charge in [0, 0.05) is 29.2 Å². The predicted octanol–water partition coefficient (Wildman–Crippen LogP) is 1.63. The molecule has 92 valence electrons. The van der Waals surface area contributed by atoms with E-state index in [0.29, 0.717) is 6.42 Å². The molecule has 1 aliphatic rings. The number of pyridine rings is 1. The minimum absolute atomic E-state index is 0.0623. The van der Waals surface area contributed by atoms with Crippen molar-refractivity contribution in [3.05, 3.63) is 39.7 Å². The molecule has 2 rings (SSSR count). The fourth-order valence-electron chi connectivity index (χ4n) is 2.53. The third kappa shape index (κ3) is 2.44. The topological polar surface area (TPSA) is 82.0 Å². The summed E-state index contributed by atoms with van der Waals surface area (Å²) in [5, 5.41) is 10.9. The lowest BCUT2D eigenvalue weighted by atomic mass is 9.78. The molecule has 1 aromatic rings. The second kappa shape index (κ2) is 4.79. The highest BCUT2D eigenvalue weighted by molar-refractivity contribution is 5.21. The maximum absolute atomic E-state index is 10.9. The Morgan fingerprint density at radius 2 is 2.24 bits per heavy atom. The lowest BCUT2D eigenvalue weighted by Gasteiger charge is -2.30. The molecule has 17 heavy (non-hydrogen) atoms. The Kier molecular flexibility index (Phi) is 3.38. The summed E-state index contributed by atoms with van der Waals surface area (Å²) in [6.45, 7) is 1.92. The molecule has 0 amide bonds. The van der Waals surface area contributed by atoms with Gasteiger partial charge in [0.15, 0.2) is 0 Å². The van der Waals surface area contributed by atoms with Gasteiger partial charge in [-0.2, -0.15) is 0 Å². The van der Waals surface area contributed by atoms with Crippen LogP contribution in [0.1, 0.15) is 36.4 Å². The Morgan fingerprint density at radius 3 is 2.82 bits per heavy atom. The number of nitrogens with zero attached hydrogens (tertiary/aromatic N) is 2. The highest BCUT2D eigenvalue weighted by Gasteiger charge is 2.38. The van der Waals surface area contributed by atoms with Gasteiger partial charge < -0.3 is 5.73 Å². The molecule has 0 aliphatic heterocycles. The fraction of sp³-hybridized carbons (Fsp3) is 0.583. The number of hydrogen-bond acceptors (Lipinski definition) is 4. The maximum Gasteiger partial charge on any atom is 0.228 e. The summed E-state index contributed by atoms with van der Waals surface area (Å²) in [7, 11) is 0. The molecule has 1 fully saturated rings. The molecule has 0 radical (unpaired) electrons. The molecule has 0 spiro atoms. The van der Waals surface area contributed by atoms with Crippen molar-refractivity contribution in [3.8, 4) is 0 Å². The molecule has 1 aliphatic carbocycles. The molecule has 3 atom stereocenters. The van der Waals surface area contributed by atoms with E-state index in [1.807, 2.05) is 19.1 Å². The molecule has 1 aromatic heterocycles. The van der Waals surface area contributed by atoms with E-state index < -0.39 is 12.1 Å². The first-order valence-corrected chi connectivity index (χ1v) is 5.91. The van der Waals surface area contributed by atoms with Crippen molar-refractivity contribution in [1.29, 1.82) is 0 Å². The van der Waals surface area contributed by atoms with Crippen LogP contribution in [0, 0.1) is 17.0 Å². The van der Waals surface area contributed by atoms with Crippen molar-refractivity contribution in [2.24, 2.45) is 5.73 Å². The van der Waals surface area contributed by atoms with E-state index in [9.17, 15) is 10.1 Å². The van der Waals surface area contributed by atoms with Crippen LogP contribution in [0.2, 0.25) is 0 Å². The van der Waals surface area contributed by atoms with E-state index in [1.54, 1.807) is 6.20 Å². The first-order chi connectivity index (χ1) is 8.09. The number of rotatable bonds is 2. The summed E-state index contributed by atoms with van der Waals surface area (Å²) < 4.78 is 0. The summed E-state index contributed by atoms with van der Waals surface area (Å²) in [6.07, 6.45) is 4.15. The molecular formula is C12H17N3O2. The van der Waals surface area contributed by atoms with Crippen molar-refractivity contribution in [2.45, 2.75) is 44.2 Å². The van der Waals surface area contributed by atoms with Crippen LogP contribution in [-0.2, 0) is 0 Å². The number of nitro groups is 1. The molecular weight excluding hydrogens is 218 g/mol. The SMILES string of the molecule is Cc1ccc(C2CCCC([N+](=O)[O-])C2N)cn1. The molecule has 2 N–H and O–H groups in total. The zero-order valence-corrected chi connectivity index (χ0v) is 9.87. The van der Waals surface area contributed by atoms with Crippen molar-refractivity contribution < 1.29 is 4.92 Å². The average Bonchev–Trinajstić information content (AvgIpc) is 2.30. The second-order valence-corrected chi connectivity index (χ2v) is 4.70. The Morgan fingerprint density at radius 1 is 1.47 bits per heavy atom. The fourth-order valence-corrected chi connectivity index (χ4v) is 2.53. The van der Waals surface area contributed by atoms with Gasteiger partial charge in [-0.25, -0.2) is 0 Å². The van der Waals surface area contributed by atoms with Crippen LogP contribution in [0.25, 0.3) is 0 Å². The van der Waals surface area contributed by atoms with Crippen LogP contribution < -0.4 is 5.73 Å². The van der Waals surface area contributed by atoms with Gasteiger partial charge in [0.2, 0.25) is 6.04 Å².